The Bertz CT molecular complexity index is 431. The molecular formula is C13H13BrF2O2. The van der Waals surface area contributed by atoms with E-state index < -0.39 is 17.8 Å². The van der Waals surface area contributed by atoms with Crippen molar-refractivity contribution < 1.29 is 18.3 Å². The highest BCUT2D eigenvalue weighted by molar-refractivity contribution is 9.10. The zero-order valence-electron chi connectivity index (χ0n) is 9.67. The van der Waals surface area contributed by atoms with E-state index in [-0.39, 0.29) is 25.9 Å². The number of benzene rings is 1. The summed E-state index contributed by atoms with van der Waals surface area (Å²) >= 11 is 3.30. The summed E-state index contributed by atoms with van der Waals surface area (Å²) in [6, 6.07) is 7.32. The van der Waals surface area contributed by atoms with Gasteiger partial charge in [0.05, 0.1) is 5.92 Å². The van der Waals surface area contributed by atoms with Crippen LogP contribution in [0.3, 0.4) is 0 Å². The number of alkyl halides is 2. The molecule has 2 rings (SSSR count). The second kappa shape index (κ2) is 5.34. The van der Waals surface area contributed by atoms with E-state index in [4.69, 9.17) is 4.74 Å². The highest BCUT2D eigenvalue weighted by atomic mass is 79.9. The predicted octanol–water partition coefficient (Wildman–Crippen LogP) is 3.93. The van der Waals surface area contributed by atoms with Crippen molar-refractivity contribution in [3.05, 3.63) is 34.3 Å². The molecule has 1 aliphatic rings. The third-order valence-electron chi connectivity index (χ3n) is 3.03. The topological polar surface area (TPSA) is 26.3 Å². The van der Waals surface area contributed by atoms with Gasteiger partial charge in [-0.15, -0.1) is 0 Å². The van der Waals surface area contributed by atoms with Crippen LogP contribution in [0.5, 0.6) is 0 Å². The summed E-state index contributed by atoms with van der Waals surface area (Å²) in [4.78, 5) is 11.6. The van der Waals surface area contributed by atoms with Crippen molar-refractivity contribution in [2.45, 2.75) is 31.8 Å². The third-order valence-corrected chi connectivity index (χ3v) is 3.56. The number of hydrogen-bond acceptors (Lipinski definition) is 2. The van der Waals surface area contributed by atoms with E-state index in [9.17, 15) is 13.6 Å². The van der Waals surface area contributed by atoms with Gasteiger partial charge in [-0.3, -0.25) is 4.79 Å². The lowest BCUT2D eigenvalue weighted by molar-refractivity contribution is -0.150. The molecule has 0 aliphatic heterocycles. The van der Waals surface area contributed by atoms with Gasteiger partial charge in [0.1, 0.15) is 6.61 Å². The highest BCUT2D eigenvalue weighted by Gasteiger charge is 2.43. The van der Waals surface area contributed by atoms with E-state index >= 15 is 0 Å². The summed E-state index contributed by atoms with van der Waals surface area (Å²) in [5.74, 6) is -3.88. The lowest BCUT2D eigenvalue weighted by Crippen LogP contribution is -2.17. The van der Waals surface area contributed by atoms with E-state index in [0.717, 1.165) is 10.0 Å². The Hall–Kier alpha value is -0.970. The molecule has 0 N–H and O–H groups in total. The van der Waals surface area contributed by atoms with Crippen LogP contribution in [0.1, 0.15) is 24.8 Å². The van der Waals surface area contributed by atoms with Crippen molar-refractivity contribution >= 4 is 21.9 Å². The zero-order chi connectivity index (χ0) is 13.2. The van der Waals surface area contributed by atoms with Gasteiger partial charge < -0.3 is 4.74 Å². The summed E-state index contributed by atoms with van der Waals surface area (Å²) in [5, 5.41) is 0. The van der Waals surface area contributed by atoms with Crippen LogP contribution in [0.25, 0.3) is 0 Å². The normalized spacial score (nSPS) is 21.8. The molecule has 18 heavy (non-hydrogen) atoms. The summed E-state index contributed by atoms with van der Waals surface area (Å²) < 4.78 is 31.9. The van der Waals surface area contributed by atoms with Gasteiger partial charge in [0.15, 0.2) is 0 Å². The van der Waals surface area contributed by atoms with E-state index in [2.05, 4.69) is 15.9 Å². The number of carbonyl (C=O) groups is 1. The largest absolute Gasteiger partial charge is 0.461 e. The van der Waals surface area contributed by atoms with Gasteiger partial charge in [0, 0.05) is 17.3 Å². The molecule has 0 unspecified atom stereocenters. The Morgan fingerprint density at radius 3 is 2.61 bits per heavy atom. The zero-order valence-corrected chi connectivity index (χ0v) is 11.3. The molecule has 0 amide bonds. The van der Waals surface area contributed by atoms with Gasteiger partial charge >= 0.3 is 5.97 Å². The van der Waals surface area contributed by atoms with Crippen LogP contribution < -0.4 is 0 Å². The Balaban J connectivity index is 1.84. The molecule has 1 fully saturated rings. The smallest absolute Gasteiger partial charge is 0.309 e. The predicted molar refractivity (Wildman–Crippen MR) is 66.2 cm³/mol. The number of rotatable bonds is 3. The van der Waals surface area contributed by atoms with Crippen LogP contribution in [0.2, 0.25) is 0 Å². The minimum atomic E-state index is -2.71. The first-order chi connectivity index (χ1) is 8.46. The van der Waals surface area contributed by atoms with Crippen LogP contribution >= 0.6 is 15.9 Å². The third kappa shape index (κ3) is 3.51. The van der Waals surface area contributed by atoms with Crippen LogP contribution in [-0.4, -0.2) is 11.9 Å². The number of ether oxygens (including phenoxy) is 1. The molecular weight excluding hydrogens is 306 g/mol. The first-order valence-corrected chi connectivity index (χ1v) is 6.54. The Kier molecular flexibility index (Phi) is 4.00. The first kappa shape index (κ1) is 13.5. The van der Waals surface area contributed by atoms with Crippen LogP contribution in [0.4, 0.5) is 8.78 Å². The molecule has 5 heteroatoms. The van der Waals surface area contributed by atoms with Gasteiger partial charge in [-0.2, -0.15) is 0 Å². The average molecular weight is 319 g/mol. The molecule has 1 aromatic rings. The molecule has 0 saturated heterocycles. The quantitative estimate of drug-likeness (QED) is 0.789. The molecule has 2 nitrogen and oxygen atoms in total. The molecule has 0 heterocycles. The molecule has 1 saturated carbocycles. The molecule has 1 aromatic carbocycles. The van der Waals surface area contributed by atoms with Crippen molar-refractivity contribution in [1.82, 2.24) is 0 Å². The maximum absolute atomic E-state index is 12.9. The first-order valence-electron chi connectivity index (χ1n) is 5.75. The van der Waals surface area contributed by atoms with Gasteiger partial charge in [-0.05, 0) is 24.1 Å². The van der Waals surface area contributed by atoms with E-state index in [1.165, 1.54) is 0 Å². The fraction of sp³-hybridized carbons (Fsp3) is 0.462. The molecule has 98 valence electrons. The second-order valence-electron chi connectivity index (χ2n) is 4.53. The summed E-state index contributed by atoms with van der Waals surface area (Å²) in [6.07, 6.45) is -0.386. The SMILES string of the molecule is O=C(OCc1ccc(Br)cc1)[C@H]1CCC(F)(F)C1. The maximum Gasteiger partial charge on any atom is 0.309 e. The van der Waals surface area contributed by atoms with E-state index in [1.807, 2.05) is 24.3 Å². The van der Waals surface area contributed by atoms with Crippen molar-refractivity contribution in [3.63, 3.8) is 0 Å². The van der Waals surface area contributed by atoms with Crippen LogP contribution in [-0.2, 0) is 16.1 Å². The van der Waals surface area contributed by atoms with Crippen LogP contribution in [0.15, 0.2) is 28.7 Å². The Morgan fingerprint density at radius 1 is 1.39 bits per heavy atom. The van der Waals surface area contributed by atoms with Crippen molar-refractivity contribution in [2.24, 2.45) is 5.92 Å². The molecule has 0 radical (unpaired) electrons. The summed E-state index contributed by atoms with van der Waals surface area (Å²) in [5.41, 5.74) is 0.844. The van der Waals surface area contributed by atoms with Crippen molar-refractivity contribution in [3.8, 4) is 0 Å². The monoisotopic (exact) mass is 318 g/mol. The molecule has 1 atom stereocenters. The fourth-order valence-electron chi connectivity index (χ4n) is 2.00. The standard InChI is InChI=1S/C13H13BrF2O2/c14-11-3-1-9(2-4-11)8-18-12(17)10-5-6-13(15,16)7-10/h1-4,10H,5-8H2/t10-/m0/s1. The number of halogens is 3. The lowest BCUT2D eigenvalue weighted by atomic mass is 10.1. The van der Waals surface area contributed by atoms with Gasteiger partial charge in [-0.25, -0.2) is 8.78 Å². The van der Waals surface area contributed by atoms with Gasteiger partial charge in [0.25, 0.3) is 0 Å². The molecule has 0 bridgehead atoms. The lowest BCUT2D eigenvalue weighted by Gasteiger charge is -2.10. The summed E-state index contributed by atoms with van der Waals surface area (Å²) in [6.45, 7) is 0.133. The summed E-state index contributed by atoms with van der Waals surface area (Å²) in [7, 11) is 0. The van der Waals surface area contributed by atoms with Gasteiger partial charge in [-0.1, -0.05) is 28.1 Å². The van der Waals surface area contributed by atoms with Gasteiger partial charge in [0.2, 0.25) is 5.92 Å². The molecule has 1 aliphatic carbocycles. The average Bonchev–Trinajstić information content (AvgIpc) is 2.69. The highest BCUT2D eigenvalue weighted by Crippen LogP contribution is 2.39. The fourth-order valence-corrected chi connectivity index (χ4v) is 2.27. The van der Waals surface area contributed by atoms with Crippen molar-refractivity contribution in [1.29, 1.82) is 0 Å². The second-order valence-corrected chi connectivity index (χ2v) is 5.45. The minimum absolute atomic E-state index is 0.133. The Morgan fingerprint density at radius 2 is 2.06 bits per heavy atom. The Labute approximate surface area is 112 Å². The maximum atomic E-state index is 12.9. The molecule has 0 aromatic heterocycles. The van der Waals surface area contributed by atoms with Crippen LogP contribution in [0, 0.1) is 5.92 Å². The van der Waals surface area contributed by atoms with E-state index in [1.54, 1.807) is 0 Å². The number of hydrogen-bond donors (Lipinski definition) is 0. The molecule has 0 spiro atoms. The number of carbonyl (C=O) groups excluding carboxylic acids is 1. The van der Waals surface area contributed by atoms with E-state index in [0.29, 0.717) is 0 Å². The van der Waals surface area contributed by atoms with Crippen molar-refractivity contribution in [2.75, 3.05) is 0 Å². The number of esters is 1. The minimum Gasteiger partial charge on any atom is -0.461 e.